The lowest BCUT2D eigenvalue weighted by Gasteiger charge is -2.20. The Balaban J connectivity index is 2.03. The van der Waals surface area contributed by atoms with Gasteiger partial charge in [0.05, 0.1) is 23.6 Å². The predicted octanol–water partition coefficient (Wildman–Crippen LogP) is 4.12. The predicted molar refractivity (Wildman–Crippen MR) is 99.9 cm³/mol. The molecule has 1 fully saturated rings. The Morgan fingerprint density at radius 2 is 1.93 bits per heavy atom. The summed E-state index contributed by atoms with van der Waals surface area (Å²) in [7, 11) is 0. The Kier molecular flexibility index (Phi) is 4.30. The Morgan fingerprint density at radius 3 is 2.52 bits per heavy atom. The van der Waals surface area contributed by atoms with Crippen molar-refractivity contribution in [3.63, 3.8) is 0 Å². The van der Waals surface area contributed by atoms with Crippen LogP contribution in [0.1, 0.15) is 31.5 Å². The summed E-state index contributed by atoms with van der Waals surface area (Å²) >= 11 is 0. The van der Waals surface area contributed by atoms with Crippen molar-refractivity contribution < 1.29 is 13.9 Å². The third-order valence-corrected chi connectivity index (χ3v) is 5.13. The van der Waals surface area contributed by atoms with Crippen LogP contribution in [0.25, 0.3) is 22.0 Å². The van der Waals surface area contributed by atoms with E-state index in [9.17, 15) is 18.7 Å². The van der Waals surface area contributed by atoms with Gasteiger partial charge in [0, 0.05) is 18.7 Å². The monoisotopic (exact) mass is 370 g/mol. The maximum Gasteiger partial charge on any atom is 0.286 e. The summed E-state index contributed by atoms with van der Waals surface area (Å²) in [4.78, 5) is 17.2. The molecule has 27 heavy (non-hydrogen) atoms. The third kappa shape index (κ3) is 3.25. The van der Waals surface area contributed by atoms with Crippen molar-refractivity contribution in [3.05, 3.63) is 64.7 Å². The smallest absolute Gasteiger partial charge is 0.286 e. The molecule has 4 rings (SSSR count). The molecule has 1 aliphatic rings. The summed E-state index contributed by atoms with van der Waals surface area (Å²) in [5, 5.41) is 10.1. The van der Waals surface area contributed by atoms with Crippen molar-refractivity contribution in [2.24, 2.45) is 5.92 Å². The summed E-state index contributed by atoms with van der Waals surface area (Å²) in [6.07, 6.45) is 3.59. The molecule has 6 heteroatoms. The number of nitrogens with zero attached hydrogens (tertiary/aromatic N) is 2. The lowest BCUT2D eigenvalue weighted by molar-refractivity contribution is 0.0131. The van der Waals surface area contributed by atoms with E-state index in [0.717, 1.165) is 25.3 Å². The van der Waals surface area contributed by atoms with Gasteiger partial charge in [-0.25, -0.2) is 4.98 Å². The molecule has 0 radical (unpaired) electrons. The number of alkyl halides is 2. The number of fused-ring (bicyclic) bond motifs is 1. The molecule has 1 N–H and O–H groups in total. The number of pyridine rings is 2. The van der Waals surface area contributed by atoms with Crippen LogP contribution in [0.4, 0.5) is 8.78 Å². The zero-order valence-electron chi connectivity index (χ0n) is 14.9. The first-order valence-electron chi connectivity index (χ1n) is 9.00. The number of hydrogen-bond acceptors (Lipinski definition) is 3. The first-order chi connectivity index (χ1) is 12.9. The lowest BCUT2D eigenvalue weighted by atomic mass is 10.0. The lowest BCUT2D eigenvalue weighted by Crippen LogP contribution is -2.28. The second kappa shape index (κ2) is 6.53. The quantitative estimate of drug-likeness (QED) is 0.735. The van der Waals surface area contributed by atoms with Gasteiger partial charge in [-0.2, -0.15) is 8.78 Å². The Morgan fingerprint density at radius 1 is 1.22 bits per heavy atom. The highest BCUT2D eigenvalue weighted by Gasteiger charge is 2.33. The summed E-state index contributed by atoms with van der Waals surface area (Å²) in [6, 6.07) is 11.6. The van der Waals surface area contributed by atoms with E-state index in [1.807, 2.05) is 30.3 Å². The molecule has 2 heterocycles. The van der Waals surface area contributed by atoms with Gasteiger partial charge in [-0.3, -0.25) is 4.79 Å². The minimum atomic E-state index is -3.10. The summed E-state index contributed by atoms with van der Waals surface area (Å²) < 4.78 is 29.2. The molecule has 1 saturated carbocycles. The molecule has 1 aliphatic carbocycles. The van der Waals surface area contributed by atoms with Crippen LogP contribution in [0.15, 0.2) is 53.5 Å². The highest BCUT2D eigenvalue weighted by molar-refractivity contribution is 5.92. The van der Waals surface area contributed by atoms with Crippen LogP contribution >= 0.6 is 0 Å². The van der Waals surface area contributed by atoms with Gasteiger partial charge in [-0.15, -0.1) is 0 Å². The average Bonchev–Trinajstić information content (AvgIpc) is 3.49. The first kappa shape index (κ1) is 17.8. The number of benzene rings is 1. The number of halogens is 2. The third-order valence-electron chi connectivity index (χ3n) is 5.13. The Hall–Kier alpha value is -2.60. The van der Waals surface area contributed by atoms with Crippen LogP contribution in [0.5, 0.6) is 0 Å². The number of aliphatic hydroxyl groups excluding tert-OH is 1. The molecule has 2 aromatic heterocycles. The van der Waals surface area contributed by atoms with Gasteiger partial charge in [0.1, 0.15) is 5.69 Å². The number of aromatic nitrogens is 2. The van der Waals surface area contributed by atoms with E-state index < -0.39 is 5.92 Å². The molecular formula is C21H20F2N2O2. The van der Waals surface area contributed by atoms with E-state index in [2.05, 4.69) is 4.98 Å². The molecular weight excluding hydrogens is 350 g/mol. The molecule has 1 atom stereocenters. The molecule has 3 aromatic rings. The Bertz CT molecular complexity index is 1040. The molecule has 140 valence electrons. The summed E-state index contributed by atoms with van der Waals surface area (Å²) in [6.45, 7) is 0.655. The van der Waals surface area contributed by atoms with Crippen LogP contribution < -0.4 is 5.56 Å². The van der Waals surface area contributed by atoms with Crippen molar-refractivity contribution in [2.45, 2.75) is 31.7 Å². The van der Waals surface area contributed by atoms with Crippen molar-refractivity contribution >= 4 is 10.9 Å². The number of aliphatic hydroxyl groups is 1. The van der Waals surface area contributed by atoms with Crippen LogP contribution in [0.3, 0.4) is 0 Å². The maximum atomic E-state index is 13.8. The van der Waals surface area contributed by atoms with Gasteiger partial charge in [-0.05, 0) is 36.5 Å². The minimum absolute atomic E-state index is 0.136. The van der Waals surface area contributed by atoms with E-state index in [0.29, 0.717) is 5.56 Å². The van der Waals surface area contributed by atoms with Gasteiger partial charge in [0.25, 0.3) is 11.5 Å². The van der Waals surface area contributed by atoms with Gasteiger partial charge in [-0.1, -0.05) is 30.3 Å². The van der Waals surface area contributed by atoms with Crippen molar-refractivity contribution in [1.29, 1.82) is 0 Å². The standard InChI is InChI=1S/C21H20F2N2O2/c1-21(22,23)18-10-9-15-19(24-18)16(13-5-3-2-4-6-13)11-25(20(15)27)17(12-26)14-7-8-14/h2-6,9-11,14,17,26H,7-8,12H2,1H3. The fourth-order valence-corrected chi connectivity index (χ4v) is 3.50. The van der Waals surface area contributed by atoms with E-state index in [4.69, 9.17) is 0 Å². The fourth-order valence-electron chi connectivity index (χ4n) is 3.50. The van der Waals surface area contributed by atoms with Crippen LogP contribution in [0.2, 0.25) is 0 Å². The highest BCUT2D eigenvalue weighted by atomic mass is 19.3. The summed E-state index contributed by atoms with van der Waals surface area (Å²) in [5.41, 5.74) is 0.969. The largest absolute Gasteiger partial charge is 0.394 e. The van der Waals surface area contributed by atoms with Crippen molar-refractivity contribution in [2.75, 3.05) is 6.61 Å². The zero-order chi connectivity index (χ0) is 19.2. The van der Waals surface area contributed by atoms with Crippen molar-refractivity contribution in [1.82, 2.24) is 9.55 Å². The number of hydrogen-bond donors (Lipinski definition) is 1. The SMILES string of the molecule is CC(F)(F)c1ccc2c(=O)n(C(CO)C3CC3)cc(-c3ccccc3)c2n1. The molecule has 0 amide bonds. The van der Waals surface area contributed by atoms with E-state index in [-0.39, 0.29) is 40.7 Å². The summed E-state index contributed by atoms with van der Waals surface area (Å²) in [5.74, 6) is -2.83. The molecule has 0 bridgehead atoms. The van der Waals surface area contributed by atoms with E-state index in [1.54, 1.807) is 10.8 Å². The van der Waals surface area contributed by atoms with Gasteiger partial charge < -0.3 is 9.67 Å². The van der Waals surface area contributed by atoms with Crippen LogP contribution in [-0.2, 0) is 5.92 Å². The molecule has 4 nitrogen and oxygen atoms in total. The zero-order valence-corrected chi connectivity index (χ0v) is 14.9. The second-order valence-electron chi connectivity index (χ2n) is 7.19. The fraction of sp³-hybridized carbons (Fsp3) is 0.333. The molecule has 0 spiro atoms. The topological polar surface area (TPSA) is 55.1 Å². The Labute approximate surface area is 155 Å². The second-order valence-corrected chi connectivity index (χ2v) is 7.19. The van der Waals surface area contributed by atoms with Crippen LogP contribution in [-0.4, -0.2) is 21.3 Å². The van der Waals surface area contributed by atoms with E-state index >= 15 is 0 Å². The molecule has 0 saturated heterocycles. The maximum absolute atomic E-state index is 13.8. The van der Waals surface area contributed by atoms with Crippen LogP contribution in [0, 0.1) is 5.92 Å². The van der Waals surface area contributed by atoms with Gasteiger partial charge in [0.2, 0.25) is 0 Å². The number of rotatable bonds is 5. The average molecular weight is 370 g/mol. The molecule has 1 unspecified atom stereocenters. The first-order valence-corrected chi connectivity index (χ1v) is 9.00. The normalized spacial score (nSPS) is 15.9. The van der Waals surface area contributed by atoms with Crippen molar-refractivity contribution in [3.8, 4) is 11.1 Å². The minimum Gasteiger partial charge on any atom is -0.394 e. The highest BCUT2D eigenvalue weighted by Crippen LogP contribution is 2.40. The van der Waals surface area contributed by atoms with Gasteiger partial charge >= 0.3 is 0 Å². The molecule has 0 aliphatic heterocycles. The molecule has 1 aromatic carbocycles. The van der Waals surface area contributed by atoms with E-state index in [1.165, 1.54) is 12.1 Å². The van der Waals surface area contributed by atoms with Gasteiger partial charge in [0.15, 0.2) is 0 Å².